The normalized spacial score (nSPS) is 19.3. The molecule has 0 atom stereocenters. The number of aromatic nitrogens is 4. The highest BCUT2D eigenvalue weighted by molar-refractivity contribution is 7.89. The molecule has 27 heavy (non-hydrogen) atoms. The fourth-order valence-corrected chi connectivity index (χ4v) is 4.80. The van der Waals surface area contributed by atoms with Crippen molar-refractivity contribution in [3.8, 4) is 5.88 Å². The zero-order valence-corrected chi connectivity index (χ0v) is 16.5. The molecule has 0 radical (unpaired) electrons. The zero-order chi connectivity index (χ0) is 19.0. The second-order valence-electron chi connectivity index (χ2n) is 7.47. The summed E-state index contributed by atoms with van der Waals surface area (Å²) in [5, 5.41) is 8.49. The van der Waals surface area contributed by atoms with E-state index in [1.807, 2.05) is 12.1 Å². The minimum Gasteiger partial charge on any atom is -0.476 e. The molecule has 3 heterocycles. The standard InChI is InChI=1S/C18H25N5O3S/c1-13-19-18(11-22(13)2)27(24,25)23-9-7-14(8-10-23)12-26-17-6-5-16(20-21-17)15-3-4-15/h5-6,11,14-15H,3-4,7-10,12H2,1-2H3. The van der Waals surface area contributed by atoms with E-state index in [2.05, 4.69) is 15.2 Å². The van der Waals surface area contributed by atoms with Gasteiger partial charge in [0.05, 0.1) is 12.3 Å². The molecule has 4 rings (SSSR count). The Bertz CT molecular complexity index is 878. The molecule has 0 unspecified atom stereocenters. The van der Waals surface area contributed by atoms with E-state index < -0.39 is 10.0 Å². The van der Waals surface area contributed by atoms with Gasteiger partial charge in [-0.25, -0.2) is 13.4 Å². The second kappa shape index (κ2) is 7.20. The predicted molar refractivity (Wildman–Crippen MR) is 98.9 cm³/mol. The number of piperidine rings is 1. The molecule has 2 aliphatic rings. The molecule has 146 valence electrons. The van der Waals surface area contributed by atoms with E-state index in [-0.39, 0.29) is 5.03 Å². The SMILES string of the molecule is Cc1nc(S(=O)(=O)N2CCC(COc3ccc(C4CC4)nn3)CC2)cn1C. The van der Waals surface area contributed by atoms with Crippen LogP contribution in [0.1, 0.15) is 43.1 Å². The lowest BCUT2D eigenvalue weighted by Crippen LogP contribution is -2.39. The summed E-state index contributed by atoms with van der Waals surface area (Å²) >= 11 is 0. The van der Waals surface area contributed by atoms with E-state index >= 15 is 0 Å². The summed E-state index contributed by atoms with van der Waals surface area (Å²) in [7, 11) is -1.73. The van der Waals surface area contributed by atoms with Crippen LogP contribution in [-0.2, 0) is 17.1 Å². The fraction of sp³-hybridized carbons (Fsp3) is 0.611. The third-order valence-electron chi connectivity index (χ3n) is 5.39. The first-order valence-corrected chi connectivity index (χ1v) is 10.8. The minimum atomic E-state index is -3.52. The molecular weight excluding hydrogens is 366 g/mol. The van der Waals surface area contributed by atoms with Crippen molar-refractivity contribution < 1.29 is 13.2 Å². The van der Waals surface area contributed by atoms with Gasteiger partial charge in [0.25, 0.3) is 10.0 Å². The van der Waals surface area contributed by atoms with E-state index in [4.69, 9.17) is 4.74 Å². The molecule has 2 aromatic heterocycles. The van der Waals surface area contributed by atoms with Gasteiger partial charge in [-0.3, -0.25) is 0 Å². The Balaban J connectivity index is 1.29. The summed E-state index contributed by atoms with van der Waals surface area (Å²) in [6, 6.07) is 3.87. The second-order valence-corrected chi connectivity index (χ2v) is 9.35. The van der Waals surface area contributed by atoms with Crippen molar-refractivity contribution in [3.63, 3.8) is 0 Å². The highest BCUT2D eigenvalue weighted by atomic mass is 32.2. The highest BCUT2D eigenvalue weighted by Crippen LogP contribution is 2.38. The summed E-state index contributed by atoms with van der Waals surface area (Å²) in [6.45, 7) is 3.30. The summed E-state index contributed by atoms with van der Waals surface area (Å²) < 4.78 is 34.5. The molecule has 0 aromatic carbocycles. The Labute approximate surface area is 159 Å². The maximum atomic E-state index is 12.7. The molecule has 8 nitrogen and oxygen atoms in total. The summed E-state index contributed by atoms with van der Waals surface area (Å²) in [5.41, 5.74) is 1.05. The van der Waals surface area contributed by atoms with Crippen LogP contribution in [0.4, 0.5) is 0 Å². The van der Waals surface area contributed by atoms with Crippen molar-refractivity contribution in [2.24, 2.45) is 13.0 Å². The monoisotopic (exact) mass is 391 g/mol. The van der Waals surface area contributed by atoms with Crippen LogP contribution in [0.25, 0.3) is 0 Å². The van der Waals surface area contributed by atoms with Crippen molar-refractivity contribution in [1.29, 1.82) is 0 Å². The van der Waals surface area contributed by atoms with E-state index in [1.165, 1.54) is 17.1 Å². The van der Waals surface area contributed by atoms with Crippen LogP contribution in [0.2, 0.25) is 0 Å². The topological polar surface area (TPSA) is 90.2 Å². The van der Waals surface area contributed by atoms with E-state index in [1.54, 1.807) is 24.7 Å². The van der Waals surface area contributed by atoms with Gasteiger partial charge >= 0.3 is 0 Å². The lowest BCUT2D eigenvalue weighted by Gasteiger charge is -2.30. The third kappa shape index (κ3) is 3.98. The average Bonchev–Trinajstić information content (AvgIpc) is 3.46. The quantitative estimate of drug-likeness (QED) is 0.747. The number of ether oxygens (including phenoxy) is 1. The molecule has 1 saturated carbocycles. The Morgan fingerprint density at radius 3 is 2.44 bits per heavy atom. The van der Waals surface area contributed by atoms with Crippen LogP contribution in [0, 0.1) is 12.8 Å². The average molecular weight is 391 g/mol. The van der Waals surface area contributed by atoms with Gasteiger partial charge in [-0.2, -0.15) is 9.40 Å². The third-order valence-corrected chi connectivity index (χ3v) is 7.16. The molecule has 2 fully saturated rings. The van der Waals surface area contributed by atoms with E-state index in [9.17, 15) is 8.42 Å². The molecule has 0 spiro atoms. The lowest BCUT2D eigenvalue weighted by atomic mass is 9.99. The first kappa shape index (κ1) is 18.4. The van der Waals surface area contributed by atoms with Crippen molar-refractivity contribution >= 4 is 10.0 Å². The zero-order valence-electron chi connectivity index (χ0n) is 15.7. The number of hydrogen-bond donors (Lipinski definition) is 0. The van der Waals surface area contributed by atoms with Crippen LogP contribution in [0.15, 0.2) is 23.4 Å². The molecule has 0 bridgehead atoms. The maximum absolute atomic E-state index is 12.7. The molecule has 1 aliphatic heterocycles. The minimum absolute atomic E-state index is 0.128. The largest absolute Gasteiger partial charge is 0.476 e. The Morgan fingerprint density at radius 2 is 1.89 bits per heavy atom. The summed E-state index contributed by atoms with van der Waals surface area (Å²) in [5.74, 6) is 2.12. The predicted octanol–water partition coefficient (Wildman–Crippen LogP) is 1.88. The van der Waals surface area contributed by atoms with Gasteiger partial charge in [0, 0.05) is 38.3 Å². The van der Waals surface area contributed by atoms with Gasteiger partial charge in [-0.05, 0) is 44.6 Å². The Hall–Kier alpha value is -2.00. The smallest absolute Gasteiger partial charge is 0.262 e. The van der Waals surface area contributed by atoms with Gasteiger partial charge in [0.2, 0.25) is 5.88 Å². The van der Waals surface area contributed by atoms with Gasteiger partial charge in [-0.1, -0.05) is 0 Å². The summed E-state index contributed by atoms with van der Waals surface area (Å²) in [4.78, 5) is 4.17. The molecule has 9 heteroatoms. The maximum Gasteiger partial charge on any atom is 0.262 e. The molecular formula is C18H25N5O3S. The van der Waals surface area contributed by atoms with Gasteiger partial charge < -0.3 is 9.30 Å². The first-order valence-electron chi connectivity index (χ1n) is 9.40. The molecule has 2 aromatic rings. The summed E-state index contributed by atoms with van der Waals surface area (Å²) in [6.07, 6.45) is 5.50. The Morgan fingerprint density at radius 1 is 1.15 bits per heavy atom. The number of sulfonamides is 1. The van der Waals surface area contributed by atoms with Gasteiger partial charge in [0.1, 0.15) is 5.82 Å². The lowest BCUT2D eigenvalue weighted by molar-refractivity contribution is 0.179. The van der Waals surface area contributed by atoms with Crippen molar-refractivity contribution in [2.75, 3.05) is 19.7 Å². The van der Waals surface area contributed by atoms with Crippen molar-refractivity contribution in [2.45, 2.75) is 43.6 Å². The van der Waals surface area contributed by atoms with Crippen LogP contribution >= 0.6 is 0 Å². The van der Waals surface area contributed by atoms with Crippen LogP contribution in [-0.4, -0.2) is 52.2 Å². The van der Waals surface area contributed by atoms with Crippen molar-refractivity contribution in [3.05, 3.63) is 29.8 Å². The molecule has 1 aliphatic carbocycles. The number of aryl methyl sites for hydroxylation is 2. The van der Waals surface area contributed by atoms with Crippen molar-refractivity contribution in [1.82, 2.24) is 24.1 Å². The molecule has 0 N–H and O–H groups in total. The number of nitrogens with zero attached hydrogens (tertiary/aromatic N) is 5. The number of imidazole rings is 1. The number of hydrogen-bond acceptors (Lipinski definition) is 6. The van der Waals surface area contributed by atoms with E-state index in [0.29, 0.717) is 43.2 Å². The molecule has 1 saturated heterocycles. The van der Waals surface area contributed by atoms with Crippen LogP contribution in [0.3, 0.4) is 0 Å². The highest BCUT2D eigenvalue weighted by Gasteiger charge is 2.31. The fourth-order valence-electron chi connectivity index (χ4n) is 3.31. The van der Waals surface area contributed by atoms with Crippen LogP contribution < -0.4 is 4.74 Å². The first-order chi connectivity index (χ1) is 12.9. The molecule has 0 amide bonds. The Kier molecular flexibility index (Phi) is 4.90. The van der Waals surface area contributed by atoms with Crippen LogP contribution in [0.5, 0.6) is 5.88 Å². The number of rotatable bonds is 6. The van der Waals surface area contributed by atoms with Gasteiger partial charge in [0.15, 0.2) is 5.03 Å². The van der Waals surface area contributed by atoms with Gasteiger partial charge in [-0.15, -0.1) is 5.10 Å². The van der Waals surface area contributed by atoms with E-state index in [0.717, 1.165) is 18.5 Å².